The molecule has 2 unspecified atom stereocenters. The van der Waals surface area contributed by atoms with Gasteiger partial charge in [-0.2, -0.15) is 0 Å². The van der Waals surface area contributed by atoms with Crippen LogP contribution >= 0.6 is 11.3 Å². The Morgan fingerprint density at radius 3 is 2.80 bits per heavy atom. The third-order valence-electron chi connectivity index (χ3n) is 4.40. The van der Waals surface area contributed by atoms with Gasteiger partial charge in [-0.1, -0.05) is 19.8 Å². The Balaban J connectivity index is 1.81. The standard InChI is InChI=1S/C16H29N3S/c1-4-19(5-2)16-18-12-15(20-16)11-17-14-8-6-7-13(3)9-10-14/h12-14,17H,4-11H2,1-3H3. The second-order valence-electron chi connectivity index (χ2n) is 5.97. The minimum Gasteiger partial charge on any atom is -0.349 e. The van der Waals surface area contributed by atoms with Crippen LogP contribution < -0.4 is 10.2 Å². The molecule has 1 aromatic rings. The molecule has 0 aromatic carbocycles. The monoisotopic (exact) mass is 295 g/mol. The van der Waals surface area contributed by atoms with Crippen molar-refractivity contribution in [2.24, 2.45) is 5.92 Å². The Morgan fingerprint density at radius 1 is 1.25 bits per heavy atom. The molecule has 1 fully saturated rings. The molecule has 2 atom stereocenters. The normalized spacial score (nSPS) is 23.6. The zero-order valence-corrected chi connectivity index (χ0v) is 14.0. The van der Waals surface area contributed by atoms with Gasteiger partial charge in [-0.05, 0) is 39.0 Å². The Morgan fingerprint density at radius 2 is 2.05 bits per heavy atom. The highest BCUT2D eigenvalue weighted by molar-refractivity contribution is 7.15. The molecule has 1 heterocycles. The summed E-state index contributed by atoms with van der Waals surface area (Å²) in [4.78, 5) is 8.24. The lowest BCUT2D eigenvalue weighted by atomic mass is 10.0. The van der Waals surface area contributed by atoms with Gasteiger partial charge in [-0.3, -0.25) is 0 Å². The molecule has 1 N–H and O–H groups in total. The molecule has 1 saturated carbocycles. The molecule has 0 bridgehead atoms. The second-order valence-corrected chi connectivity index (χ2v) is 7.07. The van der Waals surface area contributed by atoms with Gasteiger partial charge in [0.1, 0.15) is 0 Å². The van der Waals surface area contributed by atoms with E-state index in [-0.39, 0.29) is 0 Å². The summed E-state index contributed by atoms with van der Waals surface area (Å²) in [6, 6.07) is 0.707. The molecule has 0 amide bonds. The van der Waals surface area contributed by atoms with Crippen molar-refractivity contribution in [1.29, 1.82) is 0 Å². The molecule has 0 aliphatic heterocycles. The van der Waals surface area contributed by atoms with Crippen molar-refractivity contribution in [3.8, 4) is 0 Å². The van der Waals surface area contributed by atoms with Crippen LogP contribution in [-0.2, 0) is 6.54 Å². The molecule has 4 heteroatoms. The summed E-state index contributed by atoms with van der Waals surface area (Å²) in [5.74, 6) is 0.916. The molecule has 1 aromatic heterocycles. The summed E-state index contributed by atoms with van der Waals surface area (Å²) in [5, 5.41) is 4.91. The minimum atomic E-state index is 0.707. The topological polar surface area (TPSA) is 28.2 Å². The van der Waals surface area contributed by atoms with E-state index in [4.69, 9.17) is 0 Å². The third kappa shape index (κ3) is 4.45. The molecule has 0 saturated heterocycles. The van der Waals surface area contributed by atoms with E-state index in [1.807, 2.05) is 17.5 Å². The lowest BCUT2D eigenvalue weighted by Crippen LogP contribution is -2.27. The van der Waals surface area contributed by atoms with Gasteiger partial charge in [-0.15, -0.1) is 11.3 Å². The van der Waals surface area contributed by atoms with E-state index >= 15 is 0 Å². The first-order valence-corrected chi connectivity index (χ1v) is 8.97. The van der Waals surface area contributed by atoms with Crippen molar-refractivity contribution >= 4 is 16.5 Å². The van der Waals surface area contributed by atoms with Crippen LogP contribution in [0.5, 0.6) is 0 Å². The Labute approximate surface area is 127 Å². The van der Waals surface area contributed by atoms with E-state index in [1.165, 1.54) is 42.1 Å². The molecule has 0 spiro atoms. The first-order chi connectivity index (χ1) is 9.72. The summed E-state index contributed by atoms with van der Waals surface area (Å²) in [5.41, 5.74) is 0. The van der Waals surface area contributed by atoms with Crippen molar-refractivity contribution in [2.75, 3.05) is 18.0 Å². The average molecular weight is 295 g/mol. The lowest BCUT2D eigenvalue weighted by Gasteiger charge is -2.17. The van der Waals surface area contributed by atoms with E-state index in [9.17, 15) is 0 Å². The molecule has 1 aliphatic carbocycles. The van der Waals surface area contributed by atoms with Gasteiger partial charge >= 0.3 is 0 Å². The van der Waals surface area contributed by atoms with Gasteiger partial charge in [0.2, 0.25) is 0 Å². The predicted octanol–water partition coefficient (Wildman–Crippen LogP) is 4.05. The Bertz CT molecular complexity index is 387. The summed E-state index contributed by atoms with van der Waals surface area (Å²) in [6.45, 7) is 9.83. The maximum absolute atomic E-state index is 4.56. The van der Waals surface area contributed by atoms with Crippen LogP contribution in [0, 0.1) is 5.92 Å². The minimum absolute atomic E-state index is 0.707. The number of thiazole rings is 1. The maximum atomic E-state index is 4.56. The fraction of sp³-hybridized carbons (Fsp3) is 0.812. The third-order valence-corrected chi connectivity index (χ3v) is 5.46. The number of nitrogens with zero attached hydrogens (tertiary/aromatic N) is 2. The van der Waals surface area contributed by atoms with Crippen molar-refractivity contribution < 1.29 is 0 Å². The molecular formula is C16H29N3S. The SMILES string of the molecule is CCN(CC)c1ncc(CNC2CCCC(C)CC2)s1. The maximum Gasteiger partial charge on any atom is 0.185 e. The number of aromatic nitrogens is 1. The van der Waals surface area contributed by atoms with Crippen LogP contribution in [0.4, 0.5) is 5.13 Å². The van der Waals surface area contributed by atoms with Crippen LogP contribution in [0.2, 0.25) is 0 Å². The lowest BCUT2D eigenvalue weighted by molar-refractivity contribution is 0.448. The fourth-order valence-electron chi connectivity index (χ4n) is 2.96. The highest BCUT2D eigenvalue weighted by atomic mass is 32.1. The van der Waals surface area contributed by atoms with Gasteiger partial charge in [-0.25, -0.2) is 4.98 Å². The van der Waals surface area contributed by atoms with Crippen molar-refractivity contribution in [2.45, 2.75) is 65.5 Å². The average Bonchev–Trinajstić information content (AvgIpc) is 2.81. The van der Waals surface area contributed by atoms with Gasteiger partial charge in [0.05, 0.1) is 0 Å². The zero-order chi connectivity index (χ0) is 14.4. The predicted molar refractivity (Wildman–Crippen MR) is 88.6 cm³/mol. The number of nitrogens with one attached hydrogen (secondary N) is 1. The fourth-order valence-corrected chi connectivity index (χ4v) is 3.94. The summed E-state index contributed by atoms with van der Waals surface area (Å²) < 4.78 is 0. The number of hydrogen-bond donors (Lipinski definition) is 1. The number of hydrogen-bond acceptors (Lipinski definition) is 4. The van der Waals surface area contributed by atoms with E-state index in [0.29, 0.717) is 6.04 Å². The van der Waals surface area contributed by atoms with Crippen LogP contribution in [0.3, 0.4) is 0 Å². The summed E-state index contributed by atoms with van der Waals surface area (Å²) in [7, 11) is 0. The molecule has 20 heavy (non-hydrogen) atoms. The van der Waals surface area contributed by atoms with E-state index in [2.05, 4.69) is 36.0 Å². The van der Waals surface area contributed by atoms with Crippen molar-refractivity contribution in [3.63, 3.8) is 0 Å². The molecular weight excluding hydrogens is 266 g/mol. The molecule has 0 radical (unpaired) electrons. The van der Waals surface area contributed by atoms with Gasteiger partial charge in [0.25, 0.3) is 0 Å². The van der Waals surface area contributed by atoms with E-state index < -0.39 is 0 Å². The molecule has 1 aliphatic rings. The molecule has 114 valence electrons. The Kier molecular flexibility index (Phi) is 6.30. The van der Waals surface area contributed by atoms with Crippen LogP contribution in [0.15, 0.2) is 6.20 Å². The van der Waals surface area contributed by atoms with Crippen LogP contribution in [0.1, 0.15) is 57.8 Å². The van der Waals surface area contributed by atoms with Crippen LogP contribution in [0.25, 0.3) is 0 Å². The second kappa shape index (κ2) is 7.99. The largest absolute Gasteiger partial charge is 0.349 e. The molecule has 2 rings (SSSR count). The summed E-state index contributed by atoms with van der Waals surface area (Å²) >= 11 is 1.84. The summed E-state index contributed by atoms with van der Waals surface area (Å²) in [6.07, 6.45) is 8.89. The Hall–Kier alpha value is -0.610. The quantitative estimate of drug-likeness (QED) is 0.803. The van der Waals surface area contributed by atoms with Crippen molar-refractivity contribution in [1.82, 2.24) is 10.3 Å². The number of anilines is 1. The van der Waals surface area contributed by atoms with Gasteiger partial charge < -0.3 is 10.2 Å². The first-order valence-electron chi connectivity index (χ1n) is 8.16. The van der Waals surface area contributed by atoms with Crippen molar-refractivity contribution in [3.05, 3.63) is 11.1 Å². The van der Waals surface area contributed by atoms with E-state index in [1.54, 1.807) is 0 Å². The van der Waals surface area contributed by atoms with E-state index in [0.717, 1.165) is 25.6 Å². The van der Waals surface area contributed by atoms with Gasteiger partial charge in [0.15, 0.2) is 5.13 Å². The zero-order valence-electron chi connectivity index (χ0n) is 13.2. The first kappa shape index (κ1) is 15.8. The highest BCUT2D eigenvalue weighted by Crippen LogP contribution is 2.25. The highest BCUT2D eigenvalue weighted by Gasteiger charge is 2.16. The smallest absolute Gasteiger partial charge is 0.185 e. The number of rotatable bonds is 6. The molecule has 3 nitrogen and oxygen atoms in total. The van der Waals surface area contributed by atoms with Gasteiger partial charge in [0, 0.05) is 36.8 Å². The van der Waals surface area contributed by atoms with Crippen LogP contribution in [-0.4, -0.2) is 24.1 Å².